The summed E-state index contributed by atoms with van der Waals surface area (Å²) in [5.41, 5.74) is 1.57. The summed E-state index contributed by atoms with van der Waals surface area (Å²) in [4.78, 5) is 12.3. The number of aliphatic carboxylic acids is 1. The number of hydrogen-bond acceptors (Lipinski definition) is 2. The van der Waals surface area contributed by atoms with E-state index < -0.39 is 5.97 Å². The number of rotatable bonds is 4. The Labute approximate surface area is 142 Å². The Bertz CT molecular complexity index is 412. The van der Waals surface area contributed by atoms with E-state index in [0.717, 1.165) is 0 Å². The quantitative estimate of drug-likeness (QED) is 0.598. The number of benzene rings is 1. The standard InChI is InChI=1S/C8H15NO2.C7H7Cl.4H2O/c1-6(8(10)11)5-7(2)9(3)4;8-6-7-4-2-1-3-5-7;;;;/h5,7H,1-4H3,(H,10,11);1-5H,6H2;4*1H2. The molecule has 0 amide bonds. The van der Waals surface area contributed by atoms with Crippen molar-refractivity contribution in [3.8, 4) is 0 Å². The van der Waals surface area contributed by atoms with E-state index in [1.807, 2.05) is 56.3 Å². The number of carbonyl (C=O) groups is 1. The fraction of sp³-hybridized carbons (Fsp3) is 0.400. The Kier molecular flexibility index (Phi) is 26.8. The summed E-state index contributed by atoms with van der Waals surface area (Å²) in [7, 11) is 3.83. The molecule has 0 aromatic heterocycles. The Morgan fingerprint density at radius 2 is 1.61 bits per heavy atom. The van der Waals surface area contributed by atoms with Crippen LogP contribution in [0.3, 0.4) is 0 Å². The smallest absolute Gasteiger partial charge is 0.331 e. The van der Waals surface area contributed by atoms with Gasteiger partial charge in [-0.15, -0.1) is 11.6 Å². The van der Waals surface area contributed by atoms with Crippen molar-refractivity contribution in [1.82, 2.24) is 4.90 Å². The average Bonchev–Trinajstić information content (AvgIpc) is 2.40. The van der Waals surface area contributed by atoms with Gasteiger partial charge in [-0.2, -0.15) is 0 Å². The largest absolute Gasteiger partial charge is 0.478 e. The lowest BCUT2D eigenvalue weighted by Crippen LogP contribution is -2.23. The lowest BCUT2D eigenvalue weighted by molar-refractivity contribution is -0.132. The number of likely N-dealkylation sites (N-methyl/N-ethyl adjacent to an activating group) is 1. The summed E-state index contributed by atoms with van der Waals surface area (Å²) in [6.45, 7) is 3.55. The minimum atomic E-state index is -0.848. The third-order valence-corrected chi connectivity index (χ3v) is 2.95. The average molecular weight is 356 g/mol. The first-order chi connectivity index (χ1) is 8.88. The maximum absolute atomic E-state index is 10.4. The monoisotopic (exact) mass is 355 g/mol. The van der Waals surface area contributed by atoms with Gasteiger partial charge < -0.3 is 31.9 Å². The molecular weight excluding hydrogens is 326 g/mol. The predicted molar refractivity (Wildman–Crippen MR) is 95.0 cm³/mol. The molecule has 1 atom stereocenters. The zero-order valence-corrected chi connectivity index (χ0v) is 14.7. The van der Waals surface area contributed by atoms with Crippen LogP contribution in [0, 0.1) is 0 Å². The molecule has 1 unspecified atom stereocenters. The number of halogens is 1. The van der Waals surface area contributed by atoms with Crippen LogP contribution >= 0.6 is 11.6 Å². The minimum absolute atomic E-state index is 0. The van der Waals surface area contributed by atoms with Crippen LogP contribution in [-0.4, -0.2) is 58.0 Å². The summed E-state index contributed by atoms with van der Waals surface area (Å²) in [5, 5.41) is 8.53. The molecule has 7 nitrogen and oxygen atoms in total. The molecule has 8 heteroatoms. The van der Waals surface area contributed by atoms with E-state index in [9.17, 15) is 4.79 Å². The molecule has 0 fully saturated rings. The fourth-order valence-electron chi connectivity index (χ4n) is 1.15. The van der Waals surface area contributed by atoms with E-state index in [2.05, 4.69) is 0 Å². The number of alkyl halides is 1. The molecule has 0 spiro atoms. The maximum atomic E-state index is 10.4. The summed E-state index contributed by atoms with van der Waals surface area (Å²) in [5.74, 6) is -0.236. The van der Waals surface area contributed by atoms with Crippen LogP contribution in [0.1, 0.15) is 19.4 Å². The van der Waals surface area contributed by atoms with Crippen LogP contribution in [0.4, 0.5) is 0 Å². The van der Waals surface area contributed by atoms with Gasteiger partial charge in [-0.25, -0.2) is 4.79 Å². The molecule has 0 radical (unpaired) electrons. The van der Waals surface area contributed by atoms with Crippen LogP contribution in [0.5, 0.6) is 0 Å². The summed E-state index contributed by atoms with van der Waals surface area (Å²) in [6, 6.07) is 10.1. The first-order valence-corrected chi connectivity index (χ1v) is 6.60. The van der Waals surface area contributed by atoms with Crippen LogP contribution in [-0.2, 0) is 10.7 Å². The van der Waals surface area contributed by atoms with E-state index in [0.29, 0.717) is 11.5 Å². The molecule has 1 aromatic carbocycles. The molecule has 0 bridgehead atoms. The Balaban J connectivity index is -0.0000000820. The van der Waals surface area contributed by atoms with Gasteiger partial charge >= 0.3 is 5.97 Å². The Morgan fingerprint density at radius 1 is 1.17 bits per heavy atom. The lowest BCUT2D eigenvalue weighted by atomic mass is 10.2. The molecule has 0 aliphatic heterocycles. The first kappa shape index (κ1) is 33.2. The summed E-state index contributed by atoms with van der Waals surface area (Å²) in [6.07, 6.45) is 1.72. The van der Waals surface area contributed by atoms with Crippen LogP contribution in [0.25, 0.3) is 0 Å². The molecule has 1 aromatic rings. The van der Waals surface area contributed by atoms with Gasteiger partial charge in [0.1, 0.15) is 0 Å². The van der Waals surface area contributed by atoms with Crippen molar-refractivity contribution in [3.05, 3.63) is 47.5 Å². The van der Waals surface area contributed by atoms with E-state index >= 15 is 0 Å². The normalized spacial score (nSPS) is 10.4. The van der Waals surface area contributed by atoms with Gasteiger partial charge in [-0.3, -0.25) is 0 Å². The maximum Gasteiger partial charge on any atom is 0.331 e. The molecule has 1 rings (SSSR count). The zero-order valence-electron chi connectivity index (χ0n) is 13.9. The van der Waals surface area contributed by atoms with Crippen molar-refractivity contribution in [1.29, 1.82) is 0 Å². The highest BCUT2D eigenvalue weighted by molar-refractivity contribution is 6.17. The van der Waals surface area contributed by atoms with E-state index in [-0.39, 0.29) is 27.9 Å². The highest BCUT2D eigenvalue weighted by Crippen LogP contribution is 2.00. The van der Waals surface area contributed by atoms with E-state index in [1.54, 1.807) is 13.0 Å². The van der Waals surface area contributed by atoms with Gasteiger partial charge in [0.25, 0.3) is 0 Å². The second kappa shape index (κ2) is 18.6. The molecule has 0 aliphatic carbocycles. The number of nitrogens with zero attached hydrogens (tertiary/aromatic N) is 1. The van der Waals surface area contributed by atoms with Crippen LogP contribution in [0.2, 0.25) is 0 Å². The predicted octanol–water partition coefficient (Wildman–Crippen LogP) is 0.0940. The number of hydrogen-bond donors (Lipinski definition) is 1. The van der Waals surface area contributed by atoms with Crippen molar-refractivity contribution in [2.24, 2.45) is 0 Å². The number of carboxylic acid groups (broad SMARTS) is 1. The second-order valence-electron chi connectivity index (χ2n) is 4.48. The van der Waals surface area contributed by atoms with Gasteiger partial charge in [0.05, 0.1) is 0 Å². The Hall–Kier alpha value is -1.48. The number of carboxylic acids is 1. The van der Waals surface area contributed by atoms with Gasteiger partial charge in [0, 0.05) is 17.5 Å². The van der Waals surface area contributed by atoms with Crippen molar-refractivity contribution in [2.45, 2.75) is 25.8 Å². The molecule has 23 heavy (non-hydrogen) atoms. The van der Waals surface area contributed by atoms with E-state index in [1.165, 1.54) is 5.56 Å². The molecule has 0 heterocycles. The van der Waals surface area contributed by atoms with E-state index in [4.69, 9.17) is 16.7 Å². The zero-order chi connectivity index (χ0) is 14.8. The summed E-state index contributed by atoms with van der Waals surface area (Å²) >= 11 is 5.53. The molecule has 0 saturated carbocycles. The molecule has 0 aliphatic rings. The van der Waals surface area contributed by atoms with Crippen LogP contribution in [0.15, 0.2) is 42.0 Å². The fourth-order valence-corrected chi connectivity index (χ4v) is 1.33. The van der Waals surface area contributed by atoms with Gasteiger partial charge in [0.15, 0.2) is 0 Å². The minimum Gasteiger partial charge on any atom is -0.478 e. The van der Waals surface area contributed by atoms with Crippen molar-refractivity contribution in [2.75, 3.05) is 14.1 Å². The second-order valence-corrected chi connectivity index (χ2v) is 4.75. The highest BCUT2D eigenvalue weighted by Gasteiger charge is 2.04. The van der Waals surface area contributed by atoms with Crippen molar-refractivity contribution < 1.29 is 31.8 Å². The Morgan fingerprint density at radius 3 is 1.87 bits per heavy atom. The molecule has 0 saturated heterocycles. The topological polar surface area (TPSA) is 167 Å². The highest BCUT2D eigenvalue weighted by atomic mass is 35.5. The SMILES string of the molecule is CC(=CC(C)N(C)C)C(=O)O.ClCc1ccccc1.O.O.O.O. The lowest BCUT2D eigenvalue weighted by Gasteiger charge is -2.15. The third kappa shape index (κ3) is 16.7. The van der Waals surface area contributed by atoms with Gasteiger partial charge in [-0.1, -0.05) is 36.4 Å². The van der Waals surface area contributed by atoms with Gasteiger partial charge in [-0.05, 0) is 33.5 Å². The molecule has 9 N–H and O–H groups in total. The van der Waals surface area contributed by atoms with Gasteiger partial charge in [0.2, 0.25) is 0 Å². The molecule has 138 valence electrons. The van der Waals surface area contributed by atoms with Crippen molar-refractivity contribution in [3.63, 3.8) is 0 Å². The third-order valence-electron chi connectivity index (χ3n) is 2.64. The van der Waals surface area contributed by atoms with Crippen molar-refractivity contribution >= 4 is 17.6 Å². The summed E-state index contributed by atoms with van der Waals surface area (Å²) < 4.78 is 0. The first-order valence-electron chi connectivity index (χ1n) is 6.06. The molecular formula is C15H30ClNO6. The van der Waals surface area contributed by atoms with Crippen LogP contribution < -0.4 is 0 Å².